The van der Waals surface area contributed by atoms with Crippen LogP contribution in [-0.2, 0) is 4.74 Å². The van der Waals surface area contributed by atoms with Crippen molar-refractivity contribution in [3.63, 3.8) is 0 Å². The van der Waals surface area contributed by atoms with Crippen molar-refractivity contribution >= 4 is 17.4 Å². The van der Waals surface area contributed by atoms with Crippen LogP contribution >= 0.6 is 11.6 Å². The molecule has 192 valence electrons. The second-order valence-electron chi connectivity index (χ2n) is 11.0. The van der Waals surface area contributed by atoms with Crippen LogP contribution in [0.2, 0.25) is 5.02 Å². The Morgan fingerprint density at radius 1 is 1.11 bits per heavy atom. The van der Waals surface area contributed by atoms with Gasteiger partial charge in [-0.2, -0.15) is 5.26 Å². The molecule has 0 amide bonds. The van der Waals surface area contributed by atoms with Crippen LogP contribution in [0.3, 0.4) is 0 Å². The molecule has 0 unspecified atom stereocenters. The number of carbonyl (C=O) groups is 1. The quantitative estimate of drug-likeness (QED) is 0.347. The number of Topliss-reactive ketones (excluding diaryl/α,β-unsaturated/α-hetero) is 1. The Hall–Kier alpha value is -3.40. The minimum Gasteiger partial charge on any atom is -0.454 e. The second-order valence-corrected chi connectivity index (χ2v) is 11.4. The van der Waals surface area contributed by atoms with Crippen LogP contribution < -0.4 is 10.3 Å². The normalized spacial score (nSPS) is 16.7. The minimum atomic E-state index is -0.295. The Balaban J connectivity index is 1.56. The maximum atomic E-state index is 13.1. The summed E-state index contributed by atoms with van der Waals surface area (Å²) >= 11 is 6.52. The zero-order chi connectivity index (χ0) is 27.0. The minimum absolute atomic E-state index is 0.0188. The maximum absolute atomic E-state index is 13.1. The monoisotopic (exact) mass is 518 g/mol. The van der Waals surface area contributed by atoms with Crippen LogP contribution in [0.25, 0.3) is 11.1 Å². The van der Waals surface area contributed by atoms with E-state index < -0.39 is 0 Å². The predicted molar refractivity (Wildman–Crippen MR) is 144 cm³/mol. The van der Waals surface area contributed by atoms with Crippen LogP contribution in [0.15, 0.2) is 53.5 Å². The smallest absolute Gasteiger partial charge is 0.255 e. The Labute approximate surface area is 222 Å². The third-order valence-corrected chi connectivity index (χ3v) is 6.83. The maximum Gasteiger partial charge on any atom is 0.255 e. The number of hydrogen-bond donors (Lipinski definition) is 1. The number of aromatic nitrogens is 1. The number of rotatable bonds is 6. The second kappa shape index (κ2) is 10.2. The topological polar surface area (TPSA) is 92.2 Å². The van der Waals surface area contributed by atoms with Crippen molar-refractivity contribution in [3.8, 4) is 28.7 Å². The zero-order valence-electron chi connectivity index (χ0n) is 21.8. The number of aryl methyl sites for hydroxylation is 1. The fraction of sp³-hybridized carbons (Fsp3) is 0.367. The van der Waals surface area contributed by atoms with E-state index in [0.717, 1.165) is 18.4 Å². The van der Waals surface area contributed by atoms with Gasteiger partial charge in [0.1, 0.15) is 23.1 Å². The molecule has 0 atom stereocenters. The number of nitriles is 1. The number of ketones is 1. The molecule has 7 heteroatoms. The molecule has 1 aromatic heterocycles. The number of hydrogen-bond acceptors (Lipinski definition) is 5. The number of nitrogens with zero attached hydrogens (tertiary/aromatic N) is 1. The van der Waals surface area contributed by atoms with Crippen molar-refractivity contribution in [2.24, 2.45) is 5.92 Å². The predicted octanol–water partition coefficient (Wildman–Crippen LogP) is 7.22. The largest absolute Gasteiger partial charge is 0.454 e. The lowest BCUT2D eigenvalue weighted by molar-refractivity contribution is -0.171. The van der Waals surface area contributed by atoms with E-state index in [1.54, 1.807) is 48.7 Å². The van der Waals surface area contributed by atoms with Gasteiger partial charge in [0.2, 0.25) is 0 Å². The molecule has 0 radical (unpaired) electrons. The first kappa shape index (κ1) is 26.7. The van der Waals surface area contributed by atoms with Gasteiger partial charge in [-0.05, 0) is 89.3 Å². The van der Waals surface area contributed by atoms with Crippen molar-refractivity contribution in [1.29, 1.82) is 5.26 Å². The van der Waals surface area contributed by atoms with Gasteiger partial charge in [0, 0.05) is 29.3 Å². The van der Waals surface area contributed by atoms with E-state index in [-0.39, 0.29) is 44.8 Å². The molecule has 1 fully saturated rings. The zero-order valence-corrected chi connectivity index (χ0v) is 22.5. The average Bonchev–Trinajstić information content (AvgIpc) is 2.79. The van der Waals surface area contributed by atoms with E-state index in [4.69, 9.17) is 21.1 Å². The third-order valence-electron chi connectivity index (χ3n) is 6.54. The average molecular weight is 519 g/mol. The van der Waals surface area contributed by atoms with Crippen molar-refractivity contribution in [3.05, 3.63) is 80.7 Å². The molecule has 37 heavy (non-hydrogen) atoms. The van der Waals surface area contributed by atoms with E-state index in [9.17, 15) is 14.9 Å². The summed E-state index contributed by atoms with van der Waals surface area (Å²) in [7, 11) is 0. The number of nitrogens with one attached hydrogen (secondary N) is 1. The number of carbonyl (C=O) groups excluding carboxylic acids is 1. The summed E-state index contributed by atoms with van der Waals surface area (Å²) in [4.78, 5) is 28.2. The molecular weight excluding hydrogens is 488 g/mol. The van der Waals surface area contributed by atoms with Gasteiger partial charge in [0.15, 0.2) is 5.78 Å². The fourth-order valence-electron chi connectivity index (χ4n) is 5.44. The molecule has 0 bridgehead atoms. The summed E-state index contributed by atoms with van der Waals surface area (Å²) in [6, 6.07) is 13.9. The first-order valence-electron chi connectivity index (χ1n) is 12.3. The molecule has 2 aromatic carbocycles. The van der Waals surface area contributed by atoms with Gasteiger partial charge in [0.25, 0.3) is 5.56 Å². The molecule has 2 heterocycles. The summed E-state index contributed by atoms with van der Waals surface area (Å²) < 4.78 is 12.2. The van der Waals surface area contributed by atoms with Gasteiger partial charge < -0.3 is 14.5 Å². The number of ether oxygens (including phenoxy) is 2. The highest BCUT2D eigenvalue weighted by molar-refractivity contribution is 6.32. The number of aromatic amines is 1. The summed E-state index contributed by atoms with van der Waals surface area (Å²) in [6.45, 7) is 10.1. The van der Waals surface area contributed by atoms with E-state index in [1.807, 2.05) is 6.92 Å². The van der Waals surface area contributed by atoms with Gasteiger partial charge in [-0.3, -0.25) is 9.59 Å². The van der Waals surface area contributed by atoms with E-state index in [2.05, 4.69) is 38.7 Å². The molecule has 6 nitrogen and oxygen atoms in total. The SMILES string of the molecule is Cc1c[nH]c(=O)c(-c2cccc(Oc3ccc(C(=O)CC4CC(C)(C)OC(C)(C)C4)cc3Cl)c2C#N)c1. The number of halogens is 1. The highest BCUT2D eigenvalue weighted by atomic mass is 35.5. The lowest BCUT2D eigenvalue weighted by Gasteiger charge is -2.45. The lowest BCUT2D eigenvalue weighted by atomic mass is 9.78. The highest BCUT2D eigenvalue weighted by Crippen LogP contribution is 2.41. The molecule has 1 aliphatic heterocycles. The van der Waals surface area contributed by atoms with Crippen LogP contribution in [0.5, 0.6) is 11.5 Å². The van der Waals surface area contributed by atoms with Crippen molar-refractivity contribution in [1.82, 2.24) is 4.98 Å². The summed E-state index contributed by atoms with van der Waals surface area (Å²) in [6.07, 6.45) is 3.66. The van der Waals surface area contributed by atoms with Crippen LogP contribution in [0, 0.1) is 24.2 Å². The Morgan fingerprint density at radius 2 is 1.81 bits per heavy atom. The first-order chi connectivity index (χ1) is 17.4. The molecule has 1 aliphatic rings. The summed E-state index contributed by atoms with van der Waals surface area (Å²) in [5.41, 5.74) is 1.59. The van der Waals surface area contributed by atoms with E-state index in [1.165, 1.54) is 0 Å². The molecule has 0 aliphatic carbocycles. The van der Waals surface area contributed by atoms with E-state index in [0.29, 0.717) is 28.9 Å². The molecule has 4 rings (SSSR count). The van der Waals surface area contributed by atoms with Crippen LogP contribution in [0.4, 0.5) is 0 Å². The number of benzene rings is 2. The van der Waals surface area contributed by atoms with Gasteiger partial charge in [0.05, 0.1) is 16.2 Å². The van der Waals surface area contributed by atoms with Gasteiger partial charge in [-0.25, -0.2) is 0 Å². The van der Waals surface area contributed by atoms with Gasteiger partial charge in [-0.1, -0.05) is 23.7 Å². The van der Waals surface area contributed by atoms with Crippen molar-refractivity contribution < 1.29 is 14.3 Å². The summed E-state index contributed by atoms with van der Waals surface area (Å²) in [5.74, 6) is 0.823. The standard InChI is InChI=1S/C30H31ClN2O4/c1-18-11-22(28(35)33-17-18)21-7-6-8-26(23(21)16-32)36-27-10-9-20(13-24(27)31)25(34)12-19-14-29(2,3)37-30(4,5)15-19/h6-11,13,17,19H,12,14-15H2,1-5H3,(H,33,35). The molecule has 0 saturated carbocycles. The highest BCUT2D eigenvalue weighted by Gasteiger charge is 2.39. The fourth-order valence-corrected chi connectivity index (χ4v) is 5.66. The molecule has 0 spiro atoms. The molecular formula is C30H31ClN2O4. The van der Waals surface area contributed by atoms with E-state index >= 15 is 0 Å². The van der Waals surface area contributed by atoms with Gasteiger partial charge >= 0.3 is 0 Å². The third kappa shape index (κ3) is 6.12. The van der Waals surface area contributed by atoms with Crippen molar-refractivity contribution in [2.45, 2.75) is 65.1 Å². The van der Waals surface area contributed by atoms with Crippen molar-refractivity contribution in [2.75, 3.05) is 0 Å². The Kier molecular flexibility index (Phi) is 7.32. The Bertz CT molecular complexity index is 1430. The lowest BCUT2D eigenvalue weighted by Crippen LogP contribution is -2.45. The first-order valence-corrected chi connectivity index (χ1v) is 12.7. The number of pyridine rings is 1. The molecule has 3 aromatic rings. The molecule has 1 saturated heterocycles. The van der Waals surface area contributed by atoms with Crippen LogP contribution in [0.1, 0.15) is 68.4 Å². The number of H-pyrrole nitrogens is 1. The van der Waals surface area contributed by atoms with Crippen LogP contribution in [-0.4, -0.2) is 22.0 Å². The summed E-state index contributed by atoms with van der Waals surface area (Å²) in [5, 5.41) is 10.2. The Morgan fingerprint density at radius 3 is 2.46 bits per heavy atom. The van der Waals surface area contributed by atoms with Gasteiger partial charge in [-0.15, -0.1) is 0 Å². The molecule has 1 N–H and O–H groups in total.